The second-order valence-corrected chi connectivity index (χ2v) is 2.75. The lowest BCUT2D eigenvalue weighted by atomic mass is 10.4. The number of hydrogen-bond acceptors (Lipinski definition) is 5. The predicted octanol–water partition coefficient (Wildman–Crippen LogP) is 0.458. The minimum Gasteiger partial charge on any atom is -0.354 e. The van der Waals surface area contributed by atoms with Crippen molar-refractivity contribution in [1.29, 1.82) is 0 Å². The van der Waals surface area contributed by atoms with E-state index in [0.717, 1.165) is 6.54 Å². The molecule has 0 aliphatic carbocycles. The molecule has 0 amide bonds. The molecule has 5 nitrogen and oxygen atoms in total. The fourth-order valence-electron chi connectivity index (χ4n) is 0.869. The highest BCUT2D eigenvalue weighted by atomic mass is 35.5. The van der Waals surface area contributed by atoms with Crippen LogP contribution in [0.25, 0.3) is 0 Å². The molecule has 0 saturated carbocycles. The Morgan fingerprint density at radius 2 is 2.15 bits per heavy atom. The molecule has 0 radical (unpaired) electrons. The van der Waals surface area contributed by atoms with E-state index in [1.807, 2.05) is 6.92 Å². The van der Waals surface area contributed by atoms with Crippen LogP contribution in [-0.4, -0.2) is 28.0 Å². The molecule has 0 fully saturated rings. The quantitative estimate of drug-likeness (QED) is 0.740. The van der Waals surface area contributed by atoms with Crippen molar-refractivity contribution < 1.29 is 0 Å². The summed E-state index contributed by atoms with van der Waals surface area (Å²) < 4.78 is 0. The van der Waals surface area contributed by atoms with Gasteiger partial charge in [-0.15, -0.1) is 0 Å². The fourth-order valence-corrected chi connectivity index (χ4v) is 1.05. The van der Waals surface area contributed by atoms with Gasteiger partial charge in [0.25, 0.3) is 0 Å². The molecule has 6 heteroatoms. The van der Waals surface area contributed by atoms with E-state index >= 15 is 0 Å². The summed E-state index contributed by atoms with van der Waals surface area (Å²) in [6, 6.07) is 0. The number of rotatable bonds is 4. The number of nitrogens with one attached hydrogen (secondary N) is 1. The average Bonchev–Trinajstić information content (AvgIpc) is 2.04. The standard InChI is InChI=1S/C7H12ClN5/c1-2-10-7-12-5(3-4-9)11-6(8)13-7/h2-4,9H2,1H3,(H,10,11,12,13). The number of hydrogen-bond donors (Lipinski definition) is 2. The lowest BCUT2D eigenvalue weighted by Gasteiger charge is -2.03. The van der Waals surface area contributed by atoms with Gasteiger partial charge < -0.3 is 11.1 Å². The molecule has 0 spiro atoms. The molecule has 0 bridgehead atoms. The van der Waals surface area contributed by atoms with Gasteiger partial charge >= 0.3 is 0 Å². The molecule has 0 aromatic carbocycles. The van der Waals surface area contributed by atoms with Gasteiger partial charge in [0.05, 0.1) is 0 Å². The Morgan fingerprint density at radius 1 is 1.38 bits per heavy atom. The van der Waals surface area contributed by atoms with Crippen LogP contribution in [0, 0.1) is 0 Å². The molecule has 1 aromatic rings. The largest absolute Gasteiger partial charge is 0.354 e. The van der Waals surface area contributed by atoms with E-state index in [1.165, 1.54) is 0 Å². The number of halogens is 1. The van der Waals surface area contributed by atoms with Gasteiger partial charge in [-0.05, 0) is 25.1 Å². The molecule has 72 valence electrons. The van der Waals surface area contributed by atoms with Crippen LogP contribution < -0.4 is 11.1 Å². The van der Waals surface area contributed by atoms with E-state index in [4.69, 9.17) is 17.3 Å². The molecule has 3 N–H and O–H groups in total. The van der Waals surface area contributed by atoms with Crippen LogP contribution in [0.1, 0.15) is 12.7 Å². The van der Waals surface area contributed by atoms with E-state index in [1.54, 1.807) is 0 Å². The Labute approximate surface area is 81.7 Å². The molecule has 0 atom stereocenters. The van der Waals surface area contributed by atoms with Gasteiger partial charge in [-0.2, -0.15) is 9.97 Å². The van der Waals surface area contributed by atoms with Gasteiger partial charge in [0.2, 0.25) is 11.2 Å². The Balaban J connectivity index is 2.83. The van der Waals surface area contributed by atoms with Crippen LogP contribution in [-0.2, 0) is 6.42 Å². The molecule has 0 unspecified atom stereocenters. The third-order valence-electron chi connectivity index (χ3n) is 1.36. The van der Waals surface area contributed by atoms with Gasteiger partial charge in [0, 0.05) is 13.0 Å². The van der Waals surface area contributed by atoms with Crippen molar-refractivity contribution in [2.45, 2.75) is 13.3 Å². The minimum atomic E-state index is 0.203. The van der Waals surface area contributed by atoms with Crippen molar-refractivity contribution in [2.75, 3.05) is 18.4 Å². The summed E-state index contributed by atoms with van der Waals surface area (Å²) >= 11 is 5.68. The summed E-state index contributed by atoms with van der Waals surface area (Å²) in [6.07, 6.45) is 0.612. The van der Waals surface area contributed by atoms with Gasteiger partial charge in [-0.3, -0.25) is 0 Å². The maximum absolute atomic E-state index is 5.68. The second kappa shape index (κ2) is 4.94. The third-order valence-corrected chi connectivity index (χ3v) is 1.53. The molecule has 0 aliphatic heterocycles. The molecule has 13 heavy (non-hydrogen) atoms. The van der Waals surface area contributed by atoms with Gasteiger partial charge in [-0.1, -0.05) is 0 Å². The van der Waals surface area contributed by atoms with Crippen molar-refractivity contribution in [3.05, 3.63) is 11.1 Å². The Bertz CT molecular complexity index is 253. The molecule has 0 aliphatic rings. The van der Waals surface area contributed by atoms with E-state index in [9.17, 15) is 0 Å². The van der Waals surface area contributed by atoms with Crippen LogP contribution in [0.5, 0.6) is 0 Å². The zero-order chi connectivity index (χ0) is 9.68. The highest BCUT2D eigenvalue weighted by molar-refractivity contribution is 6.28. The summed E-state index contributed by atoms with van der Waals surface area (Å²) in [4.78, 5) is 11.9. The van der Waals surface area contributed by atoms with E-state index in [0.29, 0.717) is 24.7 Å². The molecule has 0 saturated heterocycles. The lowest BCUT2D eigenvalue weighted by Crippen LogP contribution is -2.10. The fraction of sp³-hybridized carbons (Fsp3) is 0.571. The van der Waals surface area contributed by atoms with Crippen LogP contribution >= 0.6 is 11.6 Å². The van der Waals surface area contributed by atoms with Crippen LogP contribution in [0.15, 0.2) is 0 Å². The maximum atomic E-state index is 5.68. The SMILES string of the molecule is CCNc1nc(Cl)nc(CCN)n1. The highest BCUT2D eigenvalue weighted by Gasteiger charge is 2.02. The summed E-state index contributed by atoms with van der Waals surface area (Å²) in [7, 11) is 0. The monoisotopic (exact) mass is 201 g/mol. The Morgan fingerprint density at radius 3 is 2.77 bits per heavy atom. The van der Waals surface area contributed by atoms with Gasteiger partial charge in [0.1, 0.15) is 5.82 Å². The third kappa shape index (κ3) is 3.12. The van der Waals surface area contributed by atoms with Crippen molar-refractivity contribution in [1.82, 2.24) is 15.0 Å². The number of nitrogens with two attached hydrogens (primary N) is 1. The number of nitrogens with zero attached hydrogens (tertiary/aromatic N) is 3. The maximum Gasteiger partial charge on any atom is 0.227 e. The summed E-state index contributed by atoms with van der Waals surface area (Å²) in [6.45, 7) is 3.22. The molecule has 1 rings (SSSR count). The van der Waals surface area contributed by atoms with Gasteiger partial charge in [0.15, 0.2) is 0 Å². The summed E-state index contributed by atoms with van der Waals surface area (Å²) in [5.41, 5.74) is 5.37. The zero-order valence-corrected chi connectivity index (χ0v) is 8.17. The molecular formula is C7H12ClN5. The normalized spacial score (nSPS) is 10.1. The topological polar surface area (TPSA) is 76.7 Å². The van der Waals surface area contributed by atoms with E-state index < -0.39 is 0 Å². The smallest absolute Gasteiger partial charge is 0.227 e. The minimum absolute atomic E-state index is 0.203. The number of aromatic nitrogens is 3. The Kier molecular flexibility index (Phi) is 3.85. The second-order valence-electron chi connectivity index (χ2n) is 2.41. The van der Waals surface area contributed by atoms with Crippen molar-refractivity contribution in [3.8, 4) is 0 Å². The van der Waals surface area contributed by atoms with Crippen LogP contribution in [0.2, 0.25) is 5.28 Å². The van der Waals surface area contributed by atoms with Crippen molar-refractivity contribution in [2.24, 2.45) is 5.73 Å². The molecule has 1 heterocycles. The zero-order valence-electron chi connectivity index (χ0n) is 7.42. The Hall–Kier alpha value is -0.940. The summed E-state index contributed by atoms with van der Waals surface area (Å²) in [5, 5.41) is 3.16. The first-order chi connectivity index (χ1) is 6.26. The average molecular weight is 202 g/mol. The highest BCUT2D eigenvalue weighted by Crippen LogP contribution is 2.05. The summed E-state index contributed by atoms with van der Waals surface area (Å²) in [5.74, 6) is 1.13. The van der Waals surface area contributed by atoms with Crippen molar-refractivity contribution >= 4 is 17.5 Å². The van der Waals surface area contributed by atoms with Crippen molar-refractivity contribution in [3.63, 3.8) is 0 Å². The lowest BCUT2D eigenvalue weighted by molar-refractivity contribution is 0.844. The molecule has 1 aromatic heterocycles. The van der Waals surface area contributed by atoms with Crippen LogP contribution in [0.4, 0.5) is 5.95 Å². The first-order valence-corrected chi connectivity index (χ1v) is 4.48. The van der Waals surface area contributed by atoms with Gasteiger partial charge in [-0.25, -0.2) is 4.98 Å². The first kappa shape index (κ1) is 10.1. The predicted molar refractivity (Wildman–Crippen MR) is 51.8 cm³/mol. The first-order valence-electron chi connectivity index (χ1n) is 4.10. The molecular weight excluding hydrogens is 190 g/mol. The van der Waals surface area contributed by atoms with Crippen LogP contribution in [0.3, 0.4) is 0 Å². The van der Waals surface area contributed by atoms with E-state index in [-0.39, 0.29) is 5.28 Å². The van der Waals surface area contributed by atoms with E-state index in [2.05, 4.69) is 20.3 Å². The number of anilines is 1.